The molecular weight excluding hydrogens is 304 g/mol. The highest BCUT2D eigenvalue weighted by Crippen LogP contribution is 2.36. The van der Waals surface area contributed by atoms with Crippen molar-refractivity contribution in [2.75, 3.05) is 26.3 Å². The van der Waals surface area contributed by atoms with E-state index in [0.717, 1.165) is 19.3 Å². The Kier molecular flexibility index (Phi) is 8.70. The Balaban J connectivity index is 2.90. The van der Waals surface area contributed by atoms with Crippen molar-refractivity contribution < 1.29 is 14.3 Å². The predicted octanol–water partition coefficient (Wildman–Crippen LogP) is 3.00. The Morgan fingerprint density at radius 3 is 2.68 bits per heavy atom. The maximum absolute atomic E-state index is 12.1. The van der Waals surface area contributed by atoms with E-state index in [-0.39, 0.29) is 5.91 Å². The number of benzene rings is 1. The van der Waals surface area contributed by atoms with Crippen LogP contribution < -0.4 is 20.5 Å². The summed E-state index contributed by atoms with van der Waals surface area (Å²) in [4.78, 5) is 12.1. The van der Waals surface area contributed by atoms with Gasteiger partial charge in [-0.2, -0.15) is 0 Å². The standard InChI is InChI=1S/C16H25ClN2O3/c1-3-5-9-22-15-13(17)10-12(11-14(15)21-4-2)16(20)19-8-6-7-18/h10-11H,3-9,18H2,1-2H3,(H,19,20). The molecule has 0 unspecified atom stereocenters. The average Bonchev–Trinajstić information content (AvgIpc) is 2.50. The molecule has 1 rings (SSSR count). The molecule has 124 valence electrons. The fourth-order valence-corrected chi connectivity index (χ4v) is 2.09. The van der Waals surface area contributed by atoms with Crippen LogP contribution in [0.15, 0.2) is 12.1 Å². The van der Waals surface area contributed by atoms with Crippen molar-refractivity contribution in [3.05, 3.63) is 22.7 Å². The van der Waals surface area contributed by atoms with E-state index in [1.165, 1.54) is 0 Å². The van der Waals surface area contributed by atoms with Crippen LogP contribution in [-0.4, -0.2) is 32.2 Å². The van der Waals surface area contributed by atoms with E-state index in [1.54, 1.807) is 12.1 Å². The topological polar surface area (TPSA) is 73.6 Å². The fourth-order valence-electron chi connectivity index (χ4n) is 1.83. The summed E-state index contributed by atoms with van der Waals surface area (Å²) in [5.41, 5.74) is 5.86. The van der Waals surface area contributed by atoms with Gasteiger partial charge in [0.15, 0.2) is 11.5 Å². The lowest BCUT2D eigenvalue weighted by molar-refractivity contribution is 0.0953. The van der Waals surface area contributed by atoms with E-state index in [4.69, 9.17) is 26.8 Å². The number of rotatable bonds is 10. The molecule has 1 aromatic rings. The normalized spacial score (nSPS) is 10.4. The third-order valence-corrected chi connectivity index (χ3v) is 3.26. The van der Waals surface area contributed by atoms with Gasteiger partial charge in [-0.3, -0.25) is 4.79 Å². The number of halogens is 1. The Morgan fingerprint density at radius 2 is 2.05 bits per heavy atom. The summed E-state index contributed by atoms with van der Waals surface area (Å²) < 4.78 is 11.2. The summed E-state index contributed by atoms with van der Waals surface area (Å²) in [6, 6.07) is 3.26. The first-order chi connectivity index (χ1) is 10.6. The SMILES string of the molecule is CCCCOc1c(Cl)cc(C(=O)NCCCN)cc1OCC. The zero-order valence-electron chi connectivity index (χ0n) is 13.3. The summed E-state index contributed by atoms with van der Waals surface area (Å²) in [5, 5.41) is 3.17. The second-order valence-corrected chi connectivity index (χ2v) is 5.23. The van der Waals surface area contributed by atoms with Crippen molar-refractivity contribution in [2.45, 2.75) is 33.1 Å². The van der Waals surface area contributed by atoms with Crippen molar-refractivity contribution in [1.82, 2.24) is 5.32 Å². The number of amides is 1. The number of hydrogen-bond donors (Lipinski definition) is 2. The summed E-state index contributed by atoms with van der Waals surface area (Å²) in [5.74, 6) is 0.793. The van der Waals surface area contributed by atoms with E-state index >= 15 is 0 Å². The van der Waals surface area contributed by atoms with E-state index in [9.17, 15) is 4.79 Å². The maximum Gasteiger partial charge on any atom is 0.251 e. The van der Waals surface area contributed by atoms with Gasteiger partial charge in [0.25, 0.3) is 5.91 Å². The van der Waals surface area contributed by atoms with Gasteiger partial charge in [-0.05, 0) is 38.4 Å². The van der Waals surface area contributed by atoms with Crippen molar-refractivity contribution >= 4 is 17.5 Å². The van der Waals surface area contributed by atoms with Crippen LogP contribution >= 0.6 is 11.6 Å². The molecule has 3 N–H and O–H groups in total. The number of carbonyl (C=O) groups excluding carboxylic acids is 1. The molecule has 0 bridgehead atoms. The highest BCUT2D eigenvalue weighted by atomic mass is 35.5. The minimum atomic E-state index is -0.198. The van der Waals surface area contributed by atoms with Gasteiger partial charge in [-0.1, -0.05) is 24.9 Å². The molecule has 0 saturated carbocycles. The zero-order chi connectivity index (χ0) is 16.4. The maximum atomic E-state index is 12.1. The van der Waals surface area contributed by atoms with Crippen LogP contribution in [0.1, 0.15) is 43.5 Å². The van der Waals surface area contributed by atoms with Crippen molar-refractivity contribution in [1.29, 1.82) is 0 Å². The van der Waals surface area contributed by atoms with E-state index in [0.29, 0.717) is 48.4 Å². The molecule has 0 aliphatic carbocycles. The minimum Gasteiger partial charge on any atom is -0.490 e. The molecule has 6 heteroatoms. The summed E-state index contributed by atoms with van der Waals surface area (Å²) in [6.07, 6.45) is 2.70. The molecule has 1 amide bonds. The van der Waals surface area contributed by atoms with Gasteiger partial charge in [0.1, 0.15) is 0 Å². The summed E-state index contributed by atoms with van der Waals surface area (Å²) in [6.45, 7) is 6.07. The first kappa shape index (κ1) is 18.6. The Labute approximate surface area is 137 Å². The molecule has 1 aromatic carbocycles. The number of unbranched alkanes of at least 4 members (excludes halogenated alkanes) is 1. The molecule has 0 aromatic heterocycles. The first-order valence-corrected chi connectivity index (χ1v) is 8.09. The highest BCUT2D eigenvalue weighted by Gasteiger charge is 2.16. The van der Waals surface area contributed by atoms with Gasteiger partial charge in [0.2, 0.25) is 0 Å². The molecule has 0 aliphatic heterocycles. The molecule has 0 aliphatic rings. The molecule has 0 atom stereocenters. The summed E-state index contributed by atoms with van der Waals surface area (Å²) in [7, 11) is 0. The average molecular weight is 329 g/mol. The first-order valence-electron chi connectivity index (χ1n) is 7.71. The molecule has 0 spiro atoms. The molecular formula is C16H25ClN2O3. The number of carbonyl (C=O) groups is 1. The van der Waals surface area contributed by atoms with Gasteiger partial charge < -0.3 is 20.5 Å². The second-order valence-electron chi connectivity index (χ2n) is 4.82. The molecule has 0 heterocycles. The minimum absolute atomic E-state index is 0.198. The van der Waals surface area contributed by atoms with Gasteiger partial charge in [0.05, 0.1) is 18.2 Å². The quantitative estimate of drug-likeness (QED) is 0.647. The Hall–Kier alpha value is -1.46. The van der Waals surface area contributed by atoms with Crippen LogP contribution in [0.2, 0.25) is 5.02 Å². The van der Waals surface area contributed by atoms with Crippen molar-refractivity contribution in [3.63, 3.8) is 0 Å². The molecule has 5 nitrogen and oxygen atoms in total. The van der Waals surface area contributed by atoms with Crippen LogP contribution in [0, 0.1) is 0 Å². The largest absolute Gasteiger partial charge is 0.490 e. The van der Waals surface area contributed by atoms with Crippen molar-refractivity contribution in [3.8, 4) is 11.5 Å². The number of nitrogens with two attached hydrogens (primary N) is 1. The second kappa shape index (κ2) is 10.3. The zero-order valence-corrected chi connectivity index (χ0v) is 14.0. The lowest BCUT2D eigenvalue weighted by Crippen LogP contribution is -2.26. The van der Waals surface area contributed by atoms with E-state index in [2.05, 4.69) is 12.2 Å². The van der Waals surface area contributed by atoms with Gasteiger partial charge in [-0.15, -0.1) is 0 Å². The number of nitrogens with one attached hydrogen (secondary N) is 1. The predicted molar refractivity (Wildman–Crippen MR) is 89.0 cm³/mol. The summed E-state index contributed by atoms with van der Waals surface area (Å²) >= 11 is 6.25. The fraction of sp³-hybridized carbons (Fsp3) is 0.562. The van der Waals surface area contributed by atoms with Crippen molar-refractivity contribution in [2.24, 2.45) is 5.73 Å². The smallest absolute Gasteiger partial charge is 0.251 e. The van der Waals surface area contributed by atoms with Gasteiger partial charge in [-0.25, -0.2) is 0 Å². The highest BCUT2D eigenvalue weighted by molar-refractivity contribution is 6.32. The van der Waals surface area contributed by atoms with Gasteiger partial charge in [0, 0.05) is 12.1 Å². The van der Waals surface area contributed by atoms with Gasteiger partial charge >= 0.3 is 0 Å². The van der Waals surface area contributed by atoms with E-state index in [1.807, 2.05) is 6.92 Å². The lowest BCUT2D eigenvalue weighted by atomic mass is 10.2. The lowest BCUT2D eigenvalue weighted by Gasteiger charge is -2.15. The third kappa shape index (κ3) is 5.73. The molecule has 0 saturated heterocycles. The monoisotopic (exact) mass is 328 g/mol. The Bertz CT molecular complexity index is 481. The molecule has 0 fully saturated rings. The Morgan fingerprint density at radius 1 is 1.27 bits per heavy atom. The van der Waals surface area contributed by atoms with Crippen LogP contribution in [-0.2, 0) is 0 Å². The third-order valence-electron chi connectivity index (χ3n) is 2.98. The van der Waals surface area contributed by atoms with Crippen LogP contribution in [0.3, 0.4) is 0 Å². The van der Waals surface area contributed by atoms with E-state index < -0.39 is 0 Å². The number of ether oxygens (including phenoxy) is 2. The molecule has 0 radical (unpaired) electrons. The van der Waals surface area contributed by atoms with Crippen LogP contribution in [0.25, 0.3) is 0 Å². The van der Waals surface area contributed by atoms with Crippen LogP contribution in [0.5, 0.6) is 11.5 Å². The van der Waals surface area contributed by atoms with Crippen LogP contribution in [0.4, 0.5) is 0 Å². The molecule has 22 heavy (non-hydrogen) atoms. The number of hydrogen-bond acceptors (Lipinski definition) is 4.